The molecule has 1 aliphatic rings. The van der Waals surface area contributed by atoms with Crippen molar-refractivity contribution in [1.82, 2.24) is 14.3 Å². The molecule has 0 bridgehead atoms. The summed E-state index contributed by atoms with van der Waals surface area (Å²) in [5.74, 6) is 1.01. The Hall–Kier alpha value is -1.40. The van der Waals surface area contributed by atoms with Gasteiger partial charge in [0.2, 0.25) is 10.0 Å². The Labute approximate surface area is 125 Å². The van der Waals surface area contributed by atoms with Crippen molar-refractivity contribution >= 4 is 21.1 Å². The predicted octanol–water partition coefficient (Wildman–Crippen LogP) is 2.59. The molecule has 1 saturated carbocycles. The Bertz CT molecular complexity index is 732. The van der Waals surface area contributed by atoms with E-state index < -0.39 is 10.0 Å². The fourth-order valence-electron chi connectivity index (χ4n) is 2.54. The van der Waals surface area contributed by atoms with E-state index in [0.717, 1.165) is 36.1 Å². The van der Waals surface area contributed by atoms with Gasteiger partial charge in [0, 0.05) is 6.04 Å². The third-order valence-electron chi connectivity index (χ3n) is 3.80. The van der Waals surface area contributed by atoms with Crippen molar-refractivity contribution in [3.63, 3.8) is 0 Å². The second-order valence-corrected chi connectivity index (χ2v) is 7.54. The zero-order valence-electron chi connectivity index (χ0n) is 12.2. The first-order valence-corrected chi connectivity index (χ1v) is 9.19. The molecule has 0 aliphatic heterocycles. The molecule has 0 saturated heterocycles. The third-order valence-corrected chi connectivity index (χ3v) is 5.21. The van der Waals surface area contributed by atoms with E-state index in [0.29, 0.717) is 12.5 Å². The number of benzene rings is 1. The van der Waals surface area contributed by atoms with E-state index in [-0.39, 0.29) is 12.3 Å². The van der Waals surface area contributed by atoms with Crippen LogP contribution in [0.4, 0.5) is 0 Å². The number of nitrogens with zero attached hydrogens (tertiary/aromatic N) is 2. The van der Waals surface area contributed by atoms with Gasteiger partial charge in [-0.15, -0.1) is 0 Å². The maximum Gasteiger partial charge on any atom is 0.212 e. The molecule has 21 heavy (non-hydrogen) atoms. The fraction of sp³-hybridized carbons (Fsp3) is 0.533. The monoisotopic (exact) mass is 307 g/mol. The molecular weight excluding hydrogens is 286 g/mol. The first-order valence-electron chi connectivity index (χ1n) is 7.54. The van der Waals surface area contributed by atoms with Gasteiger partial charge in [0.15, 0.2) is 0 Å². The molecule has 1 heterocycles. The number of sulfonamides is 1. The summed E-state index contributed by atoms with van der Waals surface area (Å²) >= 11 is 0. The van der Waals surface area contributed by atoms with Gasteiger partial charge in [-0.3, -0.25) is 0 Å². The number of para-hydroxylation sites is 2. The molecule has 0 atom stereocenters. The van der Waals surface area contributed by atoms with Crippen molar-refractivity contribution in [2.75, 3.05) is 5.75 Å². The summed E-state index contributed by atoms with van der Waals surface area (Å²) in [6, 6.07) is 8.46. The minimum Gasteiger partial charge on any atom is -0.324 e. The summed E-state index contributed by atoms with van der Waals surface area (Å²) in [4.78, 5) is 4.59. The molecule has 0 radical (unpaired) electrons. The smallest absolute Gasteiger partial charge is 0.212 e. The molecule has 1 aromatic heterocycles. The number of hydrogen-bond donors (Lipinski definition) is 1. The SMILES string of the molecule is CCCCS(=O)(=O)NCc1nc2ccccc2n1C1CC1. The fourth-order valence-corrected chi connectivity index (χ4v) is 3.70. The number of rotatable bonds is 7. The molecule has 3 rings (SSSR count). The topological polar surface area (TPSA) is 64.0 Å². The molecule has 6 heteroatoms. The average molecular weight is 307 g/mol. The van der Waals surface area contributed by atoms with Crippen LogP contribution in [-0.2, 0) is 16.6 Å². The number of fused-ring (bicyclic) bond motifs is 1. The highest BCUT2D eigenvalue weighted by molar-refractivity contribution is 7.89. The highest BCUT2D eigenvalue weighted by Gasteiger charge is 2.28. The van der Waals surface area contributed by atoms with Gasteiger partial charge in [-0.05, 0) is 31.4 Å². The Kier molecular flexibility index (Phi) is 3.99. The number of imidazole rings is 1. The van der Waals surface area contributed by atoms with Crippen LogP contribution < -0.4 is 4.72 Å². The van der Waals surface area contributed by atoms with Crippen LogP contribution in [0, 0.1) is 0 Å². The van der Waals surface area contributed by atoms with Gasteiger partial charge in [0.1, 0.15) is 5.82 Å². The van der Waals surface area contributed by atoms with E-state index >= 15 is 0 Å². The standard InChI is InChI=1S/C15H21N3O2S/c1-2-3-10-21(19,20)16-11-15-17-13-6-4-5-7-14(13)18(15)12-8-9-12/h4-7,12,16H,2-3,8-11H2,1H3. The van der Waals surface area contributed by atoms with Gasteiger partial charge in [-0.1, -0.05) is 25.5 Å². The lowest BCUT2D eigenvalue weighted by molar-refractivity contribution is 0.572. The molecule has 2 aromatic rings. The lowest BCUT2D eigenvalue weighted by atomic mass is 10.3. The van der Waals surface area contributed by atoms with E-state index in [2.05, 4.69) is 20.3 Å². The van der Waals surface area contributed by atoms with Gasteiger partial charge >= 0.3 is 0 Å². The Balaban J connectivity index is 1.82. The normalized spacial score (nSPS) is 15.7. The molecule has 1 fully saturated rings. The first kappa shape index (κ1) is 14.5. The maximum absolute atomic E-state index is 11.9. The van der Waals surface area contributed by atoms with Gasteiger partial charge in [0.05, 0.1) is 23.3 Å². The van der Waals surface area contributed by atoms with Crippen molar-refractivity contribution in [3.05, 3.63) is 30.1 Å². The lowest BCUT2D eigenvalue weighted by Gasteiger charge is -2.09. The minimum absolute atomic E-state index is 0.188. The molecule has 114 valence electrons. The number of aromatic nitrogens is 2. The second-order valence-electron chi connectivity index (χ2n) is 5.61. The maximum atomic E-state index is 11.9. The molecular formula is C15H21N3O2S. The van der Waals surface area contributed by atoms with Gasteiger partial charge in [0.25, 0.3) is 0 Å². The van der Waals surface area contributed by atoms with Crippen molar-refractivity contribution in [3.8, 4) is 0 Å². The molecule has 0 spiro atoms. The summed E-state index contributed by atoms with van der Waals surface area (Å²) in [6.07, 6.45) is 3.86. The van der Waals surface area contributed by atoms with Crippen LogP contribution in [0.5, 0.6) is 0 Å². The first-order chi connectivity index (χ1) is 10.1. The number of nitrogens with one attached hydrogen (secondary N) is 1. The van der Waals surface area contributed by atoms with E-state index in [1.54, 1.807) is 0 Å². The predicted molar refractivity (Wildman–Crippen MR) is 83.5 cm³/mol. The summed E-state index contributed by atoms with van der Waals surface area (Å²) in [5.41, 5.74) is 2.04. The second kappa shape index (κ2) is 5.77. The summed E-state index contributed by atoms with van der Waals surface area (Å²) in [5, 5.41) is 0. The Morgan fingerprint density at radius 2 is 2.10 bits per heavy atom. The highest BCUT2D eigenvalue weighted by atomic mass is 32.2. The molecule has 1 N–H and O–H groups in total. The average Bonchev–Trinajstić information content (AvgIpc) is 3.23. The van der Waals surface area contributed by atoms with E-state index in [1.807, 2.05) is 25.1 Å². The molecule has 1 aromatic carbocycles. The molecule has 5 nitrogen and oxygen atoms in total. The lowest BCUT2D eigenvalue weighted by Crippen LogP contribution is -2.27. The largest absolute Gasteiger partial charge is 0.324 e. The van der Waals surface area contributed by atoms with Crippen molar-refractivity contribution in [2.24, 2.45) is 0 Å². The van der Waals surface area contributed by atoms with Crippen molar-refractivity contribution in [1.29, 1.82) is 0 Å². The van der Waals surface area contributed by atoms with E-state index in [4.69, 9.17) is 0 Å². The van der Waals surface area contributed by atoms with Crippen molar-refractivity contribution in [2.45, 2.75) is 45.2 Å². The summed E-state index contributed by atoms with van der Waals surface area (Å²) in [6.45, 7) is 2.26. The van der Waals surface area contributed by atoms with E-state index in [9.17, 15) is 8.42 Å². The van der Waals surface area contributed by atoms with Crippen molar-refractivity contribution < 1.29 is 8.42 Å². The van der Waals surface area contributed by atoms with Crippen LogP contribution in [0.15, 0.2) is 24.3 Å². The number of hydrogen-bond acceptors (Lipinski definition) is 3. The summed E-state index contributed by atoms with van der Waals surface area (Å²) < 4.78 is 28.7. The molecule has 1 aliphatic carbocycles. The molecule has 0 unspecified atom stereocenters. The van der Waals surface area contributed by atoms with Crippen LogP contribution in [0.3, 0.4) is 0 Å². The van der Waals surface area contributed by atoms with Gasteiger partial charge in [-0.25, -0.2) is 18.1 Å². The van der Waals surface area contributed by atoms with Crippen LogP contribution >= 0.6 is 0 Å². The summed E-state index contributed by atoms with van der Waals surface area (Å²) in [7, 11) is -3.20. The molecule has 0 amide bonds. The minimum atomic E-state index is -3.20. The zero-order valence-corrected chi connectivity index (χ0v) is 13.1. The van der Waals surface area contributed by atoms with Gasteiger partial charge < -0.3 is 4.57 Å². The van der Waals surface area contributed by atoms with Crippen LogP contribution in [0.2, 0.25) is 0 Å². The quantitative estimate of drug-likeness (QED) is 0.855. The Morgan fingerprint density at radius 1 is 1.33 bits per heavy atom. The van der Waals surface area contributed by atoms with Crippen LogP contribution in [-0.4, -0.2) is 23.7 Å². The zero-order chi connectivity index (χ0) is 14.9. The third kappa shape index (κ3) is 3.27. The number of unbranched alkanes of at least 4 members (excludes halogenated alkanes) is 1. The van der Waals surface area contributed by atoms with Crippen LogP contribution in [0.1, 0.15) is 44.5 Å². The van der Waals surface area contributed by atoms with Crippen LogP contribution in [0.25, 0.3) is 11.0 Å². The van der Waals surface area contributed by atoms with Gasteiger partial charge in [-0.2, -0.15) is 0 Å². The highest BCUT2D eigenvalue weighted by Crippen LogP contribution is 2.38. The van der Waals surface area contributed by atoms with E-state index in [1.165, 1.54) is 0 Å². The Morgan fingerprint density at radius 3 is 2.81 bits per heavy atom.